The summed E-state index contributed by atoms with van der Waals surface area (Å²) in [7, 11) is 0. The van der Waals surface area contributed by atoms with E-state index in [0.29, 0.717) is 38.1 Å². The van der Waals surface area contributed by atoms with Crippen LogP contribution in [-0.4, -0.2) is 55.0 Å². The van der Waals surface area contributed by atoms with Crippen LogP contribution in [0.25, 0.3) is 0 Å². The molecule has 1 aromatic rings. The summed E-state index contributed by atoms with van der Waals surface area (Å²) in [6.45, 7) is 1.03. The van der Waals surface area contributed by atoms with Crippen LogP contribution in [0.15, 0.2) is 12.1 Å². The van der Waals surface area contributed by atoms with Crippen molar-refractivity contribution >= 4 is 12.2 Å². The van der Waals surface area contributed by atoms with Gasteiger partial charge in [0.05, 0.1) is 19.7 Å². The number of amides is 2. The van der Waals surface area contributed by atoms with E-state index in [1.807, 2.05) is 0 Å². The Morgan fingerprint density at radius 3 is 2.59 bits per heavy atom. The third-order valence-electron chi connectivity index (χ3n) is 5.00. The molecule has 4 rings (SSSR count). The highest BCUT2D eigenvalue weighted by molar-refractivity contribution is 5.74. The van der Waals surface area contributed by atoms with E-state index in [4.69, 9.17) is 14.2 Å². The smallest absolute Gasteiger partial charge is 0.410 e. The van der Waals surface area contributed by atoms with Gasteiger partial charge >= 0.3 is 12.2 Å². The summed E-state index contributed by atoms with van der Waals surface area (Å²) in [5.41, 5.74) is -0.499. The fourth-order valence-electron chi connectivity index (χ4n) is 3.42. The normalized spacial score (nSPS) is 25.3. The van der Waals surface area contributed by atoms with Crippen molar-refractivity contribution in [2.45, 2.75) is 24.5 Å². The number of carbonyl (C=O) groups excluding carboxylic acids is 2. The maximum absolute atomic E-state index is 13.5. The third-order valence-corrected chi connectivity index (χ3v) is 5.00. The molecular weight excluding hydrogens is 369 g/mol. The molecule has 1 aromatic carbocycles. The van der Waals surface area contributed by atoms with Crippen molar-refractivity contribution in [3.8, 4) is 5.75 Å². The molecular formula is C17H17F3N2O5. The van der Waals surface area contributed by atoms with E-state index in [1.54, 1.807) is 0 Å². The minimum absolute atomic E-state index is 0.0283. The first-order valence-corrected chi connectivity index (χ1v) is 8.51. The van der Waals surface area contributed by atoms with Crippen LogP contribution in [0.2, 0.25) is 0 Å². The molecule has 10 heteroatoms. The number of hydrogen-bond donors (Lipinski definition) is 1. The minimum Gasteiger partial charge on any atom is -0.490 e. The highest BCUT2D eigenvalue weighted by Gasteiger charge is 2.52. The Hall–Kier alpha value is -2.65. The summed E-state index contributed by atoms with van der Waals surface area (Å²) in [6.07, 6.45) is -0.141. The van der Waals surface area contributed by atoms with Crippen LogP contribution in [0.3, 0.4) is 0 Å². The zero-order chi connectivity index (χ0) is 19.2. The van der Waals surface area contributed by atoms with Crippen LogP contribution in [0.1, 0.15) is 12.8 Å². The Morgan fingerprint density at radius 1 is 1.22 bits per heavy atom. The van der Waals surface area contributed by atoms with Crippen molar-refractivity contribution in [3.05, 3.63) is 29.6 Å². The molecule has 3 fully saturated rings. The Bertz CT molecular complexity index is 778. The van der Waals surface area contributed by atoms with Gasteiger partial charge in [0.25, 0.3) is 0 Å². The van der Waals surface area contributed by atoms with Crippen molar-refractivity contribution in [1.82, 2.24) is 10.2 Å². The molecule has 3 aliphatic rings. The van der Waals surface area contributed by atoms with Gasteiger partial charge in [0, 0.05) is 12.1 Å². The van der Waals surface area contributed by atoms with Crippen LogP contribution in [0.4, 0.5) is 22.8 Å². The van der Waals surface area contributed by atoms with Crippen LogP contribution in [-0.2, 0) is 9.47 Å². The van der Waals surface area contributed by atoms with Crippen molar-refractivity contribution in [2.75, 3.05) is 26.3 Å². The molecule has 0 bridgehead atoms. The number of halogens is 3. The van der Waals surface area contributed by atoms with Gasteiger partial charge in [-0.25, -0.2) is 22.8 Å². The first-order chi connectivity index (χ1) is 12.8. The number of rotatable bonds is 4. The molecule has 1 saturated carbocycles. The van der Waals surface area contributed by atoms with Gasteiger partial charge in [0.15, 0.2) is 23.2 Å². The lowest BCUT2D eigenvalue weighted by Crippen LogP contribution is -2.70. The molecule has 2 amide bonds. The molecule has 2 heterocycles. The van der Waals surface area contributed by atoms with Crippen molar-refractivity contribution < 1.29 is 37.0 Å². The second kappa shape index (κ2) is 6.50. The summed E-state index contributed by atoms with van der Waals surface area (Å²) in [5, 5.41) is 2.68. The van der Waals surface area contributed by atoms with Gasteiger partial charge in [-0.15, -0.1) is 0 Å². The lowest BCUT2D eigenvalue weighted by atomic mass is 9.83. The predicted octanol–water partition coefficient (Wildman–Crippen LogP) is 2.19. The molecule has 7 nitrogen and oxygen atoms in total. The standard InChI is InChI=1S/C17H17F3N2O5/c18-11-3-13(20)14(4-12(11)19)25-5-9-1-10(2-9)27-16(24)22-6-17(7-22)8-26-15(23)21-17/h3-4,9-10H,1-2,5-8H2,(H,21,23)/t9-,10+. The lowest BCUT2D eigenvalue weighted by Gasteiger charge is -2.46. The number of cyclic esters (lactones) is 1. The fraction of sp³-hybridized carbons (Fsp3) is 0.529. The highest BCUT2D eigenvalue weighted by atomic mass is 19.2. The summed E-state index contributed by atoms with van der Waals surface area (Å²) >= 11 is 0. The molecule has 146 valence electrons. The third kappa shape index (κ3) is 3.47. The number of ether oxygens (including phenoxy) is 3. The summed E-state index contributed by atoms with van der Waals surface area (Å²) in [6, 6.07) is 1.11. The van der Waals surface area contributed by atoms with Gasteiger partial charge in [-0.2, -0.15) is 0 Å². The maximum atomic E-state index is 13.5. The van der Waals surface area contributed by atoms with Crippen LogP contribution < -0.4 is 10.1 Å². The van der Waals surface area contributed by atoms with E-state index in [1.165, 1.54) is 4.90 Å². The van der Waals surface area contributed by atoms with Crippen LogP contribution in [0.5, 0.6) is 5.75 Å². The van der Waals surface area contributed by atoms with E-state index in [9.17, 15) is 22.8 Å². The first-order valence-electron chi connectivity index (χ1n) is 8.51. The largest absolute Gasteiger partial charge is 0.490 e. The quantitative estimate of drug-likeness (QED) is 0.803. The van der Waals surface area contributed by atoms with Gasteiger partial charge in [0.2, 0.25) is 0 Å². The van der Waals surface area contributed by atoms with Crippen molar-refractivity contribution in [2.24, 2.45) is 5.92 Å². The van der Waals surface area contributed by atoms with E-state index >= 15 is 0 Å². The molecule has 0 unspecified atom stereocenters. The zero-order valence-electron chi connectivity index (χ0n) is 14.2. The van der Waals surface area contributed by atoms with Crippen LogP contribution in [0, 0.1) is 23.4 Å². The summed E-state index contributed by atoms with van der Waals surface area (Å²) in [4.78, 5) is 24.6. The number of nitrogens with one attached hydrogen (secondary N) is 1. The number of alkyl carbamates (subject to hydrolysis) is 1. The fourth-order valence-corrected chi connectivity index (χ4v) is 3.42. The minimum atomic E-state index is -1.27. The van der Waals surface area contributed by atoms with Gasteiger partial charge in [0.1, 0.15) is 18.2 Å². The van der Waals surface area contributed by atoms with E-state index in [-0.39, 0.29) is 31.0 Å². The summed E-state index contributed by atoms with van der Waals surface area (Å²) < 4.78 is 54.9. The lowest BCUT2D eigenvalue weighted by molar-refractivity contribution is -0.0360. The SMILES string of the molecule is O=C1NC2(CO1)CN(C(=O)O[C@H]1C[C@@H](COc3cc(F)c(F)cc3F)C1)C2. The molecule has 27 heavy (non-hydrogen) atoms. The molecule has 1 N–H and O–H groups in total. The first kappa shape index (κ1) is 17.7. The van der Waals surface area contributed by atoms with Gasteiger partial charge < -0.3 is 24.4 Å². The van der Waals surface area contributed by atoms with E-state index in [0.717, 1.165) is 0 Å². The van der Waals surface area contributed by atoms with Crippen molar-refractivity contribution in [3.63, 3.8) is 0 Å². The molecule has 0 atom stereocenters. The number of nitrogens with zero attached hydrogens (tertiary/aromatic N) is 1. The average Bonchev–Trinajstić information content (AvgIpc) is 2.94. The van der Waals surface area contributed by atoms with E-state index in [2.05, 4.69) is 5.32 Å². The van der Waals surface area contributed by atoms with Gasteiger partial charge in [-0.3, -0.25) is 0 Å². The van der Waals surface area contributed by atoms with Gasteiger partial charge in [-0.1, -0.05) is 0 Å². The highest BCUT2D eigenvalue weighted by Crippen LogP contribution is 2.33. The molecule has 2 saturated heterocycles. The second-order valence-corrected chi connectivity index (χ2v) is 7.19. The van der Waals surface area contributed by atoms with E-state index < -0.39 is 35.2 Å². The molecule has 0 aromatic heterocycles. The predicted molar refractivity (Wildman–Crippen MR) is 83.6 cm³/mol. The monoisotopic (exact) mass is 386 g/mol. The number of likely N-dealkylation sites (tertiary alicyclic amines) is 1. The molecule has 1 spiro atoms. The number of benzene rings is 1. The zero-order valence-corrected chi connectivity index (χ0v) is 14.2. The summed E-state index contributed by atoms with van der Waals surface area (Å²) in [5.74, 6) is -3.73. The molecule has 0 radical (unpaired) electrons. The Kier molecular flexibility index (Phi) is 4.27. The van der Waals surface area contributed by atoms with Gasteiger partial charge in [-0.05, 0) is 18.8 Å². The maximum Gasteiger partial charge on any atom is 0.410 e. The Balaban J connectivity index is 1.17. The topological polar surface area (TPSA) is 77.1 Å². The average molecular weight is 386 g/mol. The molecule has 2 aliphatic heterocycles. The Labute approximate surface area is 152 Å². The number of carbonyl (C=O) groups is 2. The van der Waals surface area contributed by atoms with Crippen LogP contribution >= 0.6 is 0 Å². The molecule has 1 aliphatic carbocycles. The second-order valence-electron chi connectivity index (χ2n) is 7.19. The number of hydrogen-bond acceptors (Lipinski definition) is 5. The van der Waals surface area contributed by atoms with Crippen molar-refractivity contribution in [1.29, 1.82) is 0 Å². The Morgan fingerprint density at radius 2 is 1.93 bits per heavy atom.